The first-order valence-electron chi connectivity index (χ1n) is 12.0. The van der Waals surface area contributed by atoms with Crippen molar-refractivity contribution >= 4 is 16.9 Å². The Hall–Kier alpha value is -4.73. The van der Waals surface area contributed by atoms with Crippen LogP contribution in [0.4, 0.5) is 10.3 Å². The lowest BCUT2D eigenvalue weighted by Gasteiger charge is -2.44. The van der Waals surface area contributed by atoms with E-state index in [2.05, 4.69) is 43.3 Å². The van der Waals surface area contributed by atoms with Crippen LogP contribution in [0.1, 0.15) is 28.5 Å². The summed E-state index contributed by atoms with van der Waals surface area (Å²) in [7, 11) is 1.89. The summed E-state index contributed by atoms with van der Waals surface area (Å²) in [6, 6.07) is 14.6. The zero-order chi connectivity index (χ0) is 25.1. The number of anilines is 1. The van der Waals surface area contributed by atoms with Gasteiger partial charge in [0.2, 0.25) is 17.7 Å². The molecule has 2 aromatic carbocycles. The molecule has 1 unspecified atom stereocenters. The zero-order valence-corrected chi connectivity index (χ0v) is 20.2. The highest BCUT2D eigenvalue weighted by Gasteiger charge is 2.53. The van der Waals surface area contributed by atoms with E-state index in [9.17, 15) is 4.39 Å². The SMILES string of the molecule is Cc1nc(C2(c3cnn(C)c3)c3[nH]c4ccccc4c3CCN2c2nc(-c3ccc(F)cc3)c[nH]2)no1. The Labute approximate surface area is 211 Å². The fourth-order valence-electron chi connectivity index (χ4n) is 5.49. The van der Waals surface area contributed by atoms with Crippen LogP contribution < -0.4 is 4.90 Å². The van der Waals surface area contributed by atoms with Crippen LogP contribution >= 0.6 is 0 Å². The molecule has 1 aliphatic rings. The summed E-state index contributed by atoms with van der Waals surface area (Å²) in [4.78, 5) is 18.9. The van der Waals surface area contributed by atoms with E-state index in [0.717, 1.165) is 34.1 Å². The summed E-state index contributed by atoms with van der Waals surface area (Å²) in [5.74, 6) is 1.30. The van der Waals surface area contributed by atoms with Gasteiger partial charge in [0.25, 0.3) is 0 Å². The maximum Gasteiger partial charge on any atom is 0.223 e. The molecule has 2 N–H and O–H groups in total. The summed E-state index contributed by atoms with van der Waals surface area (Å²) in [6.45, 7) is 2.42. The maximum atomic E-state index is 13.5. The molecule has 5 heterocycles. The molecule has 37 heavy (non-hydrogen) atoms. The number of para-hydroxylation sites is 1. The van der Waals surface area contributed by atoms with Crippen molar-refractivity contribution in [1.82, 2.24) is 34.9 Å². The largest absolute Gasteiger partial charge is 0.356 e. The summed E-state index contributed by atoms with van der Waals surface area (Å²) in [6.07, 6.45) is 6.43. The van der Waals surface area contributed by atoms with E-state index in [-0.39, 0.29) is 5.82 Å². The lowest BCUT2D eigenvalue weighted by molar-refractivity contribution is 0.371. The monoisotopic (exact) mass is 494 g/mol. The molecule has 0 amide bonds. The molecule has 1 atom stereocenters. The Morgan fingerprint density at radius 1 is 1.08 bits per heavy atom. The van der Waals surface area contributed by atoms with Gasteiger partial charge in [-0.2, -0.15) is 10.1 Å². The quantitative estimate of drug-likeness (QED) is 0.375. The van der Waals surface area contributed by atoms with Crippen molar-refractivity contribution in [2.75, 3.05) is 11.4 Å². The van der Waals surface area contributed by atoms with Crippen molar-refractivity contribution in [1.29, 1.82) is 0 Å². The number of rotatable bonds is 4. The van der Waals surface area contributed by atoms with Crippen LogP contribution in [-0.4, -0.2) is 41.4 Å². The van der Waals surface area contributed by atoms with Crippen LogP contribution in [-0.2, 0) is 19.0 Å². The highest BCUT2D eigenvalue weighted by molar-refractivity contribution is 5.87. The molecule has 0 saturated heterocycles. The van der Waals surface area contributed by atoms with Gasteiger partial charge in [0, 0.05) is 54.9 Å². The molecule has 9 nitrogen and oxygen atoms in total. The van der Waals surface area contributed by atoms with Gasteiger partial charge < -0.3 is 19.4 Å². The van der Waals surface area contributed by atoms with Gasteiger partial charge in [-0.05, 0) is 42.3 Å². The number of benzene rings is 2. The van der Waals surface area contributed by atoms with Gasteiger partial charge in [-0.1, -0.05) is 23.4 Å². The van der Waals surface area contributed by atoms with E-state index in [4.69, 9.17) is 14.5 Å². The first kappa shape index (κ1) is 21.5. The van der Waals surface area contributed by atoms with Gasteiger partial charge in [0.05, 0.1) is 17.6 Å². The van der Waals surface area contributed by atoms with Crippen LogP contribution in [0, 0.1) is 12.7 Å². The van der Waals surface area contributed by atoms with Gasteiger partial charge in [0.1, 0.15) is 5.82 Å². The molecule has 0 spiro atoms. The number of aryl methyl sites for hydroxylation is 2. The fraction of sp³-hybridized carbons (Fsp3) is 0.185. The summed E-state index contributed by atoms with van der Waals surface area (Å²) in [5, 5.41) is 10.1. The van der Waals surface area contributed by atoms with Gasteiger partial charge in [-0.25, -0.2) is 9.37 Å². The molecule has 7 rings (SSSR count). The summed E-state index contributed by atoms with van der Waals surface area (Å²) < 4.78 is 20.8. The van der Waals surface area contributed by atoms with Crippen LogP contribution in [0.2, 0.25) is 0 Å². The second-order valence-corrected chi connectivity index (χ2v) is 9.29. The molecule has 6 aromatic rings. The zero-order valence-electron chi connectivity index (χ0n) is 20.2. The Kier molecular flexibility index (Phi) is 4.59. The van der Waals surface area contributed by atoms with Crippen LogP contribution in [0.3, 0.4) is 0 Å². The van der Waals surface area contributed by atoms with Crippen LogP contribution in [0.5, 0.6) is 0 Å². The molecule has 0 fully saturated rings. The van der Waals surface area contributed by atoms with Crippen LogP contribution in [0.15, 0.2) is 71.6 Å². The minimum absolute atomic E-state index is 0.287. The number of aromatic nitrogens is 7. The second kappa shape index (κ2) is 7.89. The van der Waals surface area contributed by atoms with E-state index in [1.54, 1.807) is 23.7 Å². The fourth-order valence-corrected chi connectivity index (χ4v) is 5.49. The number of imidazole rings is 1. The number of hydrogen-bond acceptors (Lipinski definition) is 6. The van der Waals surface area contributed by atoms with Gasteiger partial charge in [-0.15, -0.1) is 0 Å². The lowest BCUT2D eigenvalue weighted by atomic mass is 9.79. The normalized spacial score (nSPS) is 17.4. The van der Waals surface area contributed by atoms with Crippen molar-refractivity contribution in [2.24, 2.45) is 7.05 Å². The Balaban J connectivity index is 1.50. The van der Waals surface area contributed by atoms with Gasteiger partial charge >= 0.3 is 0 Å². The molecule has 1 aliphatic heterocycles. The average molecular weight is 495 g/mol. The molecule has 0 radical (unpaired) electrons. The topological polar surface area (TPSA) is 104 Å². The van der Waals surface area contributed by atoms with E-state index < -0.39 is 5.54 Å². The second-order valence-electron chi connectivity index (χ2n) is 9.29. The van der Waals surface area contributed by atoms with Crippen LogP contribution in [0.25, 0.3) is 22.2 Å². The molecular weight excluding hydrogens is 471 g/mol. The standard InChI is InChI=1S/C27H23FN8O/c1-16-31-25(34-37-16)27(18-13-30-35(2)15-18)24-21(20-5-3-4-6-22(20)32-24)11-12-36(27)26-29-14-23(33-26)17-7-9-19(28)10-8-17/h3-10,13-15,32H,11-12H2,1-2H3,(H,29,33). The number of H-pyrrole nitrogens is 2. The Bertz CT molecular complexity index is 1700. The predicted molar refractivity (Wildman–Crippen MR) is 135 cm³/mol. The van der Waals surface area contributed by atoms with E-state index >= 15 is 0 Å². The molecule has 0 bridgehead atoms. The Morgan fingerprint density at radius 3 is 2.68 bits per heavy atom. The van der Waals surface area contributed by atoms with Crippen molar-refractivity contribution in [2.45, 2.75) is 18.9 Å². The number of hydrogen-bond donors (Lipinski definition) is 2. The first-order chi connectivity index (χ1) is 18.0. The third-order valence-corrected chi connectivity index (χ3v) is 7.10. The van der Waals surface area contributed by atoms with Crippen molar-refractivity contribution in [3.05, 3.63) is 101 Å². The number of fused-ring (bicyclic) bond motifs is 3. The lowest BCUT2D eigenvalue weighted by Crippen LogP contribution is -2.53. The van der Waals surface area contributed by atoms with E-state index in [1.165, 1.54) is 17.7 Å². The predicted octanol–water partition coefficient (Wildman–Crippen LogP) is 4.48. The van der Waals surface area contributed by atoms with E-state index in [0.29, 0.717) is 29.9 Å². The Morgan fingerprint density at radius 2 is 1.92 bits per heavy atom. The minimum Gasteiger partial charge on any atom is -0.356 e. The third-order valence-electron chi connectivity index (χ3n) is 7.10. The van der Waals surface area contributed by atoms with Gasteiger partial charge in [-0.3, -0.25) is 4.68 Å². The molecule has 0 aliphatic carbocycles. The molecule has 4 aromatic heterocycles. The average Bonchev–Trinajstić information content (AvgIpc) is 3.70. The minimum atomic E-state index is -0.990. The van der Waals surface area contributed by atoms with Crippen molar-refractivity contribution in [3.8, 4) is 11.3 Å². The summed E-state index contributed by atoms with van der Waals surface area (Å²) >= 11 is 0. The molecule has 10 heteroatoms. The molecular formula is C27H23FN8O. The summed E-state index contributed by atoms with van der Waals surface area (Å²) in [5.41, 5.74) is 4.60. The number of nitrogens with one attached hydrogen (secondary N) is 2. The molecule has 184 valence electrons. The number of nitrogens with zero attached hydrogens (tertiary/aromatic N) is 6. The van der Waals surface area contributed by atoms with Gasteiger partial charge in [0.15, 0.2) is 5.54 Å². The smallest absolute Gasteiger partial charge is 0.223 e. The highest BCUT2D eigenvalue weighted by atomic mass is 19.1. The van der Waals surface area contributed by atoms with Crippen molar-refractivity contribution in [3.63, 3.8) is 0 Å². The first-order valence-corrected chi connectivity index (χ1v) is 12.0. The third kappa shape index (κ3) is 3.15. The number of halogens is 1. The maximum absolute atomic E-state index is 13.5. The number of aromatic amines is 2. The molecule has 0 saturated carbocycles. The van der Waals surface area contributed by atoms with Crippen molar-refractivity contribution < 1.29 is 8.91 Å². The highest BCUT2D eigenvalue weighted by Crippen LogP contribution is 2.48. The van der Waals surface area contributed by atoms with E-state index in [1.807, 2.05) is 31.7 Å².